The van der Waals surface area contributed by atoms with Gasteiger partial charge in [0.2, 0.25) is 0 Å². The molecule has 5 nitrogen and oxygen atoms in total. The molecule has 2 aromatic rings. The average molecular weight is 433 g/mol. The van der Waals surface area contributed by atoms with Crippen molar-refractivity contribution in [1.82, 2.24) is 0 Å². The van der Waals surface area contributed by atoms with Gasteiger partial charge in [0, 0.05) is 11.2 Å². The Hall–Kier alpha value is -2.40. The van der Waals surface area contributed by atoms with Crippen molar-refractivity contribution in [2.24, 2.45) is 5.11 Å². The molecule has 0 spiro atoms. The molecule has 0 atom stereocenters. The zero-order valence-electron chi connectivity index (χ0n) is 12.8. The van der Waals surface area contributed by atoms with E-state index in [0.29, 0.717) is 24.3 Å². The van der Waals surface area contributed by atoms with Crippen LogP contribution in [0.25, 0.3) is 0 Å². The molecule has 0 aliphatic rings. The number of halogens is 8. The van der Waals surface area contributed by atoms with E-state index in [9.17, 15) is 31.5 Å². The fraction of sp³-hybridized carbons (Fsp3) is 0.143. The molecular weight excluding hydrogens is 425 g/mol. The molecule has 0 unspecified atom stereocenters. The molecule has 13 heteroatoms. The molecule has 0 aliphatic carbocycles. The summed E-state index contributed by atoms with van der Waals surface area (Å²) in [5.41, 5.74) is 5.83. The Balaban J connectivity index is 2.65. The summed E-state index contributed by atoms with van der Waals surface area (Å²) in [7, 11) is 0. The second-order valence-electron chi connectivity index (χ2n) is 5.15. The Kier molecular flexibility index (Phi) is 5.39. The van der Waals surface area contributed by atoms with Gasteiger partial charge in [-0.05, 0) is 23.1 Å². The minimum absolute atomic E-state index is 0.350. The third kappa shape index (κ3) is 4.48. The van der Waals surface area contributed by atoms with Crippen LogP contribution in [0, 0.1) is 5.21 Å². The zero-order valence-corrected chi connectivity index (χ0v) is 14.3. The molecule has 2 aromatic carbocycles. The lowest BCUT2D eigenvalue weighted by molar-refractivity contribution is -0.434. The third-order valence-electron chi connectivity index (χ3n) is 3.27. The van der Waals surface area contributed by atoms with E-state index in [1.807, 2.05) is 0 Å². The first kappa shape index (κ1) is 20.9. The molecule has 0 aromatic heterocycles. The summed E-state index contributed by atoms with van der Waals surface area (Å²) in [6.07, 6.45) is -9.68. The molecule has 0 heterocycles. The van der Waals surface area contributed by atoms with E-state index in [1.165, 1.54) is 0 Å². The van der Waals surface area contributed by atoms with Crippen LogP contribution in [0.15, 0.2) is 29.4 Å². The molecule has 0 saturated heterocycles. The van der Waals surface area contributed by atoms with Crippen molar-refractivity contribution >= 4 is 46.0 Å². The van der Waals surface area contributed by atoms with Gasteiger partial charge in [0.25, 0.3) is 5.69 Å². The maximum atomic E-state index is 12.9. The zero-order chi connectivity index (χ0) is 20.7. The van der Waals surface area contributed by atoms with Crippen molar-refractivity contribution in [2.75, 3.05) is 11.5 Å². The van der Waals surface area contributed by atoms with E-state index in [2.05, 4.69) is 5.11 Å². The summed E-state index contributed by atoms with van der Waals surface area (Å²) in [6, 6.07) is 1.77. The van der Waals surface area contributed by atoms with E-state index in [1.54, 1.807) is 0 Å². The molecule has 27 heavy (non-hydrogen) atoms. The SMILES string of the molecule is Nc1c(Cl)cc(C(F)(F)F)cc1N=[N+]([O-])c1cc(C(F)(F)F)cc(Cl)c1N. The van der Waals surface area contributed by atoms with Crippen molar-refractivity contribution in [3.8, 4) is 0 Å². The van der Waals surface area contributed by atoms with Gasteiger partial charge >= 0.3 is 12.4 Å². The molecule has 0 bridgehead atoms. The van der Waals surface area contributed by atoms with Crippen LogP contribution in [-0.2, 0) is 12.4 Å². The topological polar surface area (TPSA) is 90.5 Å². The Labute approximate surface area is 157 Å². The van der Waals surface area contributed by atoms with E-state index in [-0.39, 0.29) is 0 Å². The van der Waals surface area contributed by atoms with Crippen LogP contribution in [0.2, 0.25) is 10.0 Å². The van der Waals surface area contributed by atoms with Gasteiger partial charge in [0.1, 0.15) is 5.69 Å². The fourth-order valence-corrected chi connectivity index (χ4v) is 2.36. The Morgan fingerprint density at radius 3 is 1.74 bits per heavy atom. The number of anilines is 2. The largest absolute Gasteiger partial charge is 0.594 e. The Bertz CT molecular complexity index is 927. The van der Waals surface area contributed by atoms with Crippen molar-refractivity contribution in [3.63, 3.8) is 0 Å². The predicted octanol–water partition coefficient (Wildman–Crippen LogP) is 6.12. The second kappa shape index (κ2) is 6.97. The first-order valence-corrected chi connectivity index (χ1v) is 7.48. The lowest BCUT2D eigenvalue weighted by atomic mass is 10.1. The number of nitrogens with two attached hydrogens (primary N) is 2. The van der Waals surface area contributed by atoms with Crippen LogP contribution in [0.4, 0.5) is 49.1 Å². The number of nitrogens with zero attached hydrogens (tertiary/aromatic N) is 2. The minimum atomic E-state index is -4.86. The Morgan fingerprint density at radius 1 is 0.815 bits per heavy atom. The standard InChI is InChI=1S/C14H8Cl2F6N4O/c15-7-1-5(13(17,18)19)3-9(11(7)23)25-26(27)10-4-6(14(20,21)22)2-8(16)12(10)24/h1-4H,23-24H2. The van der Waals surface area contributed by atoms with Crippen LogP contribution in [0.5, 0.6) is 0 Å². The molecule has 0 aliphatic heterocycles. The maximum Gasteiger partial charge on any atom is 0.416 e. The number of hydrogen-bond donors (Lipinski definition) is 2. The highest BCUT2D eigenvalue weighted by molar-refractivity contribution is 6.34. The maximum absolute atomic E-state index is 12.9. The molecule has 0 fully saturated rings. The first-order valence-electron chi connectivity index (χ1n) is 6.73. The Morgan fingerprint density at radius 2 is 1.26 bits per heavy atom. The van der Waals surface area contributed by atoms with Gasteiger partial charge in [-0.3, -0.25) is 0 Å². The molecular formula is C14H8Cl2F6N4O. The van der Waals surface area contributed by atoms with Gasteiger partial charge in [0.15, 0.2) is 5.69 Å². The molecule has 0 radical (unpaired) electrons. The lowest BCUT2D eigenvalue weighted by Gasteiger charge is -2.12. The minimum Gasteiger partial charge on any atom is -0.594 e. The first-order chi connectivity index (χ1) is 12.2. The summed E-state index contributed by atoms with van der Waals surface area (Å²) >= 11 is 11.2. The van der Waals surface area contributed by atoms with Crippen LogP contribution >= 0.6 is 23.2 Å². The van der Waals surface area contributed by atoms with Gasteiger partial charge in [-0.25, -0.2) is 0 Å². The van der Waals surface area contributed by atoms with E-state index >= 15 is 0 Å². The molecule has 146 valence electrons. The highest BCUT2D eigenvalue weighted by Gasteiger charge is 2.34. The summed E-state index contributed by atoms with van der Waals surface area (Å²) in [5, 5.41) is 14.3. The molecule has 2 rings (SSSR count). The highest BCUT2D eigenvalue weighted by Crippen LogP contribution is 2.41. The van der Waals surface area contributed by atoms with Crippen molar-refractivity contribution in [2.45, 2.75) is 12.4 Å². The van der Waals surface area contributed by atoms with Crippen LogP contribution in [-0.4, -0.2) is 4.86 Å². The smallest absolute Gasteiger partial charge is 0.416 e. The molecule has 0 amide bonds. The van der Waals surface area contributed by atoms with Gasteiger partial charge in [-0.15, -0.1) is 0 Å². The third-order valence-corrected chi connectivity index (χ3v) is 3.90. The second-order valence-corrected chi connectivity index (χ2v) is 5.96. The quantitative estimate of drug-likeness (QED) is 0.197. The van der Waals surface area contributed by atoms with E-state index in [0.717, 1.165) is 0 Å². The summed E-state index contributed by atoms with van der Waals surface area (Å²) in [5.74, 6) is 0. The van der Waals surface area contributed by atoms with Crippen molar-refractivity contribution < 1.29 is 31.2 Å². The average Bonchev–Trinajstić information content (AvgIpc) is 2.51. The number of nitrogen functional groups attached to an aromatic ring is 2. The molecule has 0 saturated carbocycles. The van der Waals surface area contributed by atoms with Crippen LogP contribution < -0.4 is 11.5 Å². The predicted molar refractivity (Wildman–Crippen MR) is 87.1 cm³/mol. The molecule has 4 N–H and O–H groups in total. The van der Waals surface area contributed by atoms with Gasteiger partial charge in [0.05, 0.1) is 26.9 Å². The van der Waals surface area contributed by atoms with E-state index in [4.69, 9.17) is 34.7 Å². The lowest BCUT2D eigenvalue weighted by Crippen LogP contribution is -2.08. The van der Waals surface area contributed by atoms with Crippen LogP contribution in [0.1, 0.15) is 11.1 Å². The number of azo groups is 1. The summed E-state index contributed by atoms with van der Waals surface area (Å²) in [6.45, 7) is 0. The number of rotatable bonds is 2. The summed E-state index contributed by atoms with van der Waals surface area (Å²) in [4.78, 5) is -0.418. The van der Waals surface area contributed by atoms with Crippen molar-refractivity contribution in [3.05, 3.63) is 50.6 Å². The van der Waals surface area contributed by atoms with Gasteiger partial charge in [-0.2, -0.15) is 26.3 Å². The number of benzene rings is 2. The van der Waals surface area contributed by atoms with Crippen LogP contribution in [0.3, 0.4) is 0 Å². The number of alkyl halides is 6. The highest BCUT2D eigenvalue weighted by atomic mass is 35.5. The van der Waals surface area contributed by atoms with Gasteiger partial charge < -0.3 is 16.7 Å². The normalized spacial score (nSPS) is 13.1. The fourth-order valence-electron chi connectivity index (χ4n) is 1.93. The monoisotopic (exact) mass is 432 g/mol. The van der Waals surface area contributed by atoms with E-state index < -0.39 is 61.1 Å². The van der Waals surface area contributed by atoms with Gasteiger partial charge in [-0.1, -0.05) is 23.2 Å². The number of hydrogen-bond acceptors (Lipinski definition) is 4. The van der Waals surface area contributed by atoms with Crippen molar-refractivity contribution in [1.29, 1.82) is 0 Å². The summed E-state index contributed by atoms with van der Waals surface area (Å²) < 4.78 is 77.1.